The van der Waals surface area contributed by atoms with E-state index in [0.717, 1.165) is 11.3 Å². The molecule has 102 valence electrons. The van der Waals surface area contributed by atoms with Crippen molar-refractivity contribution in [1.82, 2.24) is 9.78 Å². The van der Waals surface area contributed by atoms with Crippen LogP contribution in [0.1, 0.15) is 5.56 Å². The van der Waals surface area contributed by atoms with E-state index in [0.29, 0.717) is 6.54 Å². The van der Waals surface area contributed by atoms with E-state index in [9.17, 15) is 8.42 Å². The zero-order valence-electron chi connectivity index (χ0n) is 10.4. The standard InChI is InChI=1S/C12H16N4O2S/c13-19(17,18)7-6-14-12-8-15-16(10-12)9-11-4-2-1-3-5-11/h1-5,8,10,14H,6-7,9H2,(H2,13,17,18). The molecule has 0 spiro atoms. The van der Waals surface area contributed by atoms with Crippen LogP contribution in [0.15, 0.2) is 42.7 Å². The van der Waals surface area contributed by atoms with E-state index in [4.69, 9.17) is 5.14 Å². The van der Waals surface area contributed by atoms with Gasteiger partial charge in [0.2, 0.25) is 10.0 Å². The van der Waals surface area contributed by atoms with E-state index >= 15 is 0 Å². The van der Waals surface area contributed by atoms with Crippen LogP contribution >= 0.6 is 0 Å². The molecule has 6 nitrogen and oxygen atoms in total. The van der Waals surface area contributed by atoms with E-state index in [1.165, 1.54) is 0 Å². The Morgan fingerprint density at radius 2 is 2.00 bits per heavy atom. The molecule has 1 aromatic heterocycles. The predicted octanol–water partition coefficient (Wildman–Crippen LogP) is 0.632. The zero-order valence-corrected chi connectivity index (χ0v) is 11.2. The van der Waals surface area contributed by atoms with Crippen LogP contribution in [0.5, 0.6) is 0 Å². The van der Waals surface area contributed by atoms with E-state index in [1.54, 1.807) is 10.9 Å². The van der Waals surface area contributed by atoms with Crippen LogP contribution in [0.4, 0.5) is 5.69 Å². The number of aromatic nitrogens is 2. The van der Waals surface area contributed by atoms with Crippen molar-refractivity contribution in [3.8, 4) is 0 Å². The van der Waals surface area contributed by atoms with Crippen molar-refractivity contribution < 1.29 is 8.42 Å². The predicted molar refractivity (Wildman–Crippen MR) is 74.2 cm³/mol. The molecule has 0 aliphatic rings. The van der Waals surface area contributed by atoms with Crippen LogP contribution < -0.4 is 10.5 Å². The highest BCUT2D eigenvalue weighted by atomic mass is 32.2. The molecule has 0 atom stereocenters. The Bertz CT molecular complexity index is 622. The fourth-order valence-corrected chi connectivity index (χ4v) is 2.04. The molecule has 1 heterocycles. The first-order valence-electron chi connectivity index (χ1n) is 5.84. The number of nitrogens with one attached hydrogen (secondary N) is 1. The van der Waals surface area contributed by atoms with Crippen molar-refractivity contribution in [1.29, 1.82) is 0 Å². The van der Waals surface area contributed by atoms with Gasteiger partial charge in [-0.15, -0.1) is 0 Å². The molecule has 0 saturated carbocycles. The molecular weight excluding hydrogens is 264 g/mol. The van der Waals surface area contributed by atoms with Gasteiger partial charge in [-0.05, 0) is 5.56 Å². The Kier molecular flexibility index (Phi) is 4.18. The number of benzene rings is 1. The highest BCUT2D eigenvalue weighted by Crippen LogP contribution is 2.07. The smallest absolute Gasteiger partial charge is 0.210 e. The molecule has 1 aromatic carbocycles. The van der Waals surface area contributed by atoms with Crippen LogP contribution in [0.3, 0.4) is 0 Å². The maximum absolute atomic E-state index is 10.8. The molecule has 3 N–H and O–H groups in total. The number of anilines is 1. The highest BCUT2D eigenvalue weighted by Gasteiger charge is 2.03. The third-order valence-corrected chi connectivity index (χ3v) is 3.31. The number of rotatable bonds is 6. The average molecular weight is 280 g/mol. The number of hydrogen-bond acceptors (Lipinski definition) is 4. The summed E-state index contributed by atoms with van der Waals surface area (Å²) in [7, 11) is -3.43. The first-order chi connectivity index (χ1) is 9.03. The number of nitrogens with two attached hydrogens (primary N) is 1. The van der Waals surface area contributed by atoms with Gasteiger partial charge in [-0.1, -0.05) is 30.3 Å². The van der Waals surface area contributed by atoms with Gasteiger partial charge < -0.3 is 5.32 Å². The van der Waals surface area contributed by atoms with Crippen molar-refractivity contribution in [2.75, 3.05) is 17.6 Å². The van der Waals surface area contributed by atoms with Gasteiger partial charge in [0, 0.05) is 12.7 Å². The van der Waals surface area contributed by atoms with Gasteiger partial charge in [-0.25, -0.2) is 13.6 Å². The van der Waals surface area contributed by atoms with Crippen molar-refractivity contribution in [3.05, 3.63) is 48.3 Å². The van der Waals surface area contributed by atoms with Gasteiger partial charge in [-0.3, -0.25) is 4.68 Å². The molecule has 0 bridgehead atoms. The zero-order chi connectivity index (χ0) is 13.7. The second-order valence-electron chi connectivity index (χ2n) is 4.21. The maximum Gasteiger partial charge on any atom is 0.210 e. The Morgan fingerprint density at radius 3 is 2.68 bits per heavy atom. The van der Waals surface area contributed by atoms with Gasteiger partial charge in [-0.2, -0.15) is 5.10 Å². The average Bonchev–Trinajstić information content (AvgIpc) is 2.76. The van der Waals surface area contributed by atoms with E-state index in [1.807, 2.05) is 36.5 Å². The fraction of sp³-hybridized carbons (Fsp3) is 0.250. The first-order valence-corrected chi connectivity index (χ1v) is 7.55. The molecule has 19 heavy (non-hydrogen) atoms. The van der Waals surface area contributed by atoms with Crippen LogP contribution in [0.2, 0.25) is 0 Å². The van der Waals surface area contributed by atoms with Crippen molar-refractivity contribution in [2.45, 2.75) is 6.54 Å². The summed E-state index contributed by atoms with van der Waals surface area (Å²) in [6.07, 6.45) is 3.49. The summed E-state index contributed by atoms with van der Waals surface area (Å²) in [5, 5.41) is 12.1. The molecule has 0 fully saturated rings. The molecule has 2 aromatic rings. The Hall–Kier alpha value is -1.86. The summed E-state index contributed by atoms with van der Waals surface area (Å²) in [6, 6.07) is 9.96. The molecule has 0 amide bonds. The van der Waals surface area contributed by atoms with Crippen molar-refractivity contribution in [2.24, 2.45) is 5.14 Å². The topological polar surface area (TPSA) is 90.0 Å². The summed E-state index contributed by atoms with van der Waals surface area (Å²) >= 11 is 0. The number of nitrogens with zero attached hydrogens (tertiary/aromatic N) is 2. The minimum absolute atomic E-state index is 0.100. The van der Waals surface area contributed by atoms with E-state index < -0.39 is 10.0 Å². The van der Waals surface area contributed by atoms with E-state index in [2.05, 4.69) is 10.4 Å². The van der Waals surface area contributed by atoms with Crippen LogP contribution in [0.25, 0.3) is 0 Å². The van der Waals surface area contributed by atoms with Gasteiger partial charge >= 0.3 is 0 Å². The fourth-order valence-electron chi connectivity index (χ4n) is 1.65. The second kappa shape index (κ2) is 5.85. The first kappa shape index (κ1) is 13.6. The van der Waals surface area contributed by atoms with Crippen LogP contribution in [-0.4, -0.2) is 30.5 Å². The summed E-state index contributed by atoms with van der Waals surface area (Å²) in [6.45, 7) is 0.952. The largest absolute Gasteiger partial charge is 0.381 e. The quantitative estimate of drug-likeness (QED) is 0.812. The molecule has 7 heteroatoms. The minimum atomic E-state index is -3.43. The van der Waals surface area contributed by atoms with Crippen LogP contribution in [0, 0.1) is 0 Å². The third kappa shape index (κ3) is 4.72. The Balaban J connectivity index is 1.89. The summed E-state index contributed by atoms with van der Waals surface area (Å²) in [5.74, 6) is -0.100. The molecular formula is C12H16N4O2S. The number of sulfonamides is 1. The number of primary sulfonamides is 1. The minimum Gasteiger partial charge on any atom is -0.381 e. The van der Waals surface area contributed by atoms with Gasteiger partial charge in [0.25, 0.3) is 0 Å². The molecule has 0 aliphatic carbocycles. The Labute approximate surface area is 112 Å². The molecule has 0 radical (unpaired) electrons. The summed E-state index contributed by atoms with van der Waals surface area (Å²) < 4.78 is 23.4. The monoisotopic (exact) mass is 280 g/mol. The molecule has 0 saturated heterocycles. The molecule has 0 aliphatic heterocycles. The van der Waals surface area contributed by atoms with Crippen LogP contribution in [-0.2, 0) is 16.6 Å². The van der Waals surface area contributed by atoms with Gasteiger partial charge in [0.1, 0.15) is 0 Å². The lowest BCUT2D eigenvalue weighted by Gasteiger charge is -2.02. The van der Waals surface area contributed by atoms with E-state index in [-0.39, 0.29) is 12.3 Å². The summed E-state index contributed by atoms with van der Waals surface area (Å²) in [4.78, 5) is 0. The normalized spacial score (nSPS) is 11.4. The second-order valence-corrected chi connectivity index (χ2v) is 5.94. The SMILES string of the molecule is NS(=O)(=O)CCNc1cnn(Cc2ccccc2)c1. The Morgan fingerprint density at radius 1 is 1.26 bits per heavy atom. The van der Waals surface area contributed by atoms with Crippen molar-refractivity contribution in [3.63, 3.8) is 0 Å². The lowest BCUT2D eigenvalue weighted by atomic mass is 10.2. The number of hydrogen-bond donors (Lipinski definition) is 2. The van der Waals surface area contributed by atoms with Gasteiger partial charge in [0.15, 0.2) is 0 Å². The van der Waals surface area contributed by atoms with Crippen molar-refractivity contribution >= 4 is 15.7 Å². The highest BCUT2D eigenvalue weighted by molar-refractivity contribution is 7.89. The molecule has 2 rings (SSSR count). The van der Waals surface area contributed by atoms with Gasteiger partial charge in [0.05, 0.1) is 24.2 Å². The lowest BCUT2D eigenvalue weighted by molar-refractivity contribution is 0.598. The maximum atomic E-state index is 10.8. The lowest BCUT2D eigenvalue weighted by Crippen LogP contribution is -2.22. The molecule has 0 unspecified atom stereocenters. The summed E-state index contributed by atoms with van der Waals surface area (Å²) in [5.41, 5.74) is 1.93. The third-order valence-electron chi connectivity index (χ3n) is 2.54.